The van der Waals surface area contributed by atoms with E-state index in [1.807, 2.05) is 20.8 Å². The van der Waals surface area contributed by atoms with Crippen molar-refractivity contribution in [3.63, 3.8) is 0 Å². The molecule has 0 bridgehead atoms. The maximum Gasteiger partial charge on any atom is 0.329 e. The first-order valence-corrected chi connectivity index (χ1v) is 16.5. The lowest BCUT2D eigenvalue weighted by molar-refractivity contribution is -0.160. The Balaban J connectivity index is 1.56. The first kappa shape index (κ1) is 34.7. The molecule has 3 saturated carbocycles. The summed E-state index contributed by atoms with van der Waals surface area (Å²) >= 11 is 0. The number of piperidine rings is 1. The fourth-order valence-corrected chi connectivity index (χ4v) is 7.36. The van der Waals surface area contributed by atoms with Gasteiger partial charge in [-0.25, -0.2) is 9.59 Å². The van der Waals surface area contributed by atoms with Gasteiger partial charge in [0, 0.05) is 6.54 Å². The van der Waals surface area contributed by atoms with Crippen molar-refractivity contribution in [1.29, 1.82) is 0 Å². The summed E-state index contributed by atoms with van der Waals surface area (Å²) in [7, 11) is 0. The number of likely N-dealkylation sites (tertiary alicyclic amines) is 1. The first-order valence-electron chi connectivity index (χ1n) is 16.5. The molecule has 6 atom stereocenters. The lowest BCUT2D eigenvalue weighted by Gasteiger charge is -2.38. The number of urea groups is 1. The number of nitrogens with zero attached hydrogens (tertiary/aromatic N) is 1. The van der Waals surface area contributed by atoms with Crippen LogP contribution >= 0.6 is 0 Å². The molecule has 4 aliphatic rings. The van der Waals surface area contributed by atoms with Crippen LogP contribution in [0.1, 0.15) is 100 Å². The van der Waals surface area contributed by atoms with Crippen molar-refractivity contribution in [1.82, 2.24) is 20.9 Å². The molecule has 1 aliphatic heterocycles. The first-order chi connectivity index (χ1) is 20.7. The fraction of sp³-hybridized carbons (Fsp3) is 0.818. The smallest absolute Gasteiger partial charge is 0.329 e. The van der Waals surface area contributed by atoms with E-state index in [1.54, 1.807) is 25.7 Å². The van der Waals surface area contributed by atoms with Gasteiger partial charge in [-0.15, -0.1) is 0 Å². The zero-order chi connectivity index (χ0) is 33.6. The summed E-state index contributed by atoms with van der Waals surface area (Å²) in [5.41, 5.74) is 3.68. The minimum absolute atomic E-state index is 0.0849. The van der Waals surface area contributed by atoms with Gasteiger partial charge in [-0.2, -0.15) is 0 Å². The largest absolute Gasteiger partial charge is 0.458 e. The number of ketones is 1. The Labute approximate surface area is 266 Å². The number of amides is 5. The molecular formula is C33H53N5O7. The summed E-state index contributed by atoms with van der Waals surface area (Å²) in [5, 5.41) is 8.45. The molecule has 0 aromatic carbocycles. The summed E-state index contributed by atoms with van der Waals surface area (Å²) in [4.78, 5) is 80.8. The molecule has 0 aromatic heterocycles. The van der Waals surface area contributed by atoms with E-state index in [2.05, 4.69) is 29.8 Å². The minimum Gasteiger partial charge on any atom is -0.458 e. The topological polar surface area (TPSA) is 177 Å². The van der Waals surface area contributed by atoms with Crippen LogP contribution in [0.25, 0.3) is 0 Å². The van der Waals surface area contributed by atoms with E-state index in [-0.39, 0.29) is 35.0 Å². The predicted octanol–water partition coefficient (Wildman–Crippen LogP) is 2.42. The standard InChI is InChI=1S/C33H53N5O7/c1-31(2,3)25(29(43)45-32(4,5)6)37-30(44)36-22(17-12-10-9-11-13-17)28(42)38-16-19-20(33(19,7)8)23(38)27(41)35-21(18-14-15-18)24(39)26(34)40/h17-23,25H,9-16H2,1-8H3,(H2,34,40)(H,35,41)(H2,36,37,44)/t19-,20-,21?,22-,23-,25-/m0/s1. The van der Waals surface area contributed by atoms with Gasteiger partial charge in [0.25, 0.3) is 5.91 Å². The van der Waals surface area contributed by atoms with Gasteiger partial charge in [-0.3, -0.25) is 19.2 Å². The van der Waals surface area contributed by atoms with Crippen molar-refractivity contribution in [3.8, 4) is 0 Å². The molecule has 4 rings (SSSR count). The maximum absolute atomic E-state index is 14.4. The molecule has 4 fully saturated rings. The summed E-state index contributed by atoms with van der Waals surface area (Å²) in [5.74, 6) is -3.65. The average Bonchev–Trinajstić information content (AvgIpc) is 3.80. The molecule has 0 radical (unpaired) electrons. The number of Topliss-reactive ketones (excluding diaryl/α,β-unsaturated/α-hetero) is 1. The molecule has 0 aromatic rings. The van der Waals surface area contributed by atoms with Crippen LogP contribution in [0.2, 0.25) is 0 Å². The van der Waals surface area contributed by atoms with Gasteiger partial charge in [0.05, 0.1) is 0 Å². The van der Waals surface area contributed by atoms with Gasteiger partial charge in [-0.05, 0) is 81.0 Å². The van der Waals surface area contributed by atoms with Crippen molar-refractivity contribution in [2.24, 2.45) is 40.2 Å². The predicted molar refractivity (Wildman–Crippen MR) is 166 cm³/mol. The SMILES string of the molecule is CC(C)(C)OC(=O)[C@H](NC(=O)N[C@H](C(=O)N1C[C@H]2[C@@H]([C@H]1C(=O)NC(C(=O)C(N)=O)C1CC1)C2(C)C)C1CCCCC1)C(C)(C)C. The molecule has 5 N–H and O–H groups in total. The Bertz CT molecular complexity index is 1210. The van der Waals surface area contributed by atoms with E-state index in [0.717, 1.165) is 32.1 Å². The number of hydrogen-bond donors (Lipinski definition) is 4. The molecule has 12 heteroatoms. The van der Waals surface area contributed by atoms with E-state index in [4.69, 9.17) is 10.5 Å². The van der Waals surface area contributed by atoms with Crippen molar-refractivity contribution in [3.05, 3.63) is 0 Å². The van der Waals surface area contributed by atoms with E-state index in [1.165, 1.54) is 0 Å². The number of carbonyl (C=O) groups excluding carboxylic acids is 6. The Morgan fingerprint density at radius 3 is 1.91 bits per heavy atom. The molecular weight excluding hydrogens is 578 g/mol. The summed E-state index contributed by atoms with van der Waals surface area (Å²) < 4.78 is 5.58. The highest BCUT2D eigenvalue weighted by Gasteiger charge is 2.70. The Hall–Kier alpha value is -3.18. The Morgan fingerprint density at radius 1 is 0.822 bits per heavy atom. The highest BCUT2D eigenvalue weighted by Crippen LogP contribution is 2.65. The number of fused-ring (bicyclic) bond motifs is 1. The van der Waals surface area contributed by atoms with Crippen LogP contribution in [0.5, 0.6) is 0 Å². The van der Waals surface area contributed by atoms with Gasteiger partial charge < -0.3 is 31.3 Å². The lowest BCUT2D eigenvalue weighted by Crippen LogP contribution is -2.62. The quantitative estimate of drug-likeness (QED) is 0.211. The molecule has 1 unspecified atom stereocenters. The van der Waals surface area contributed by atoms with Crippen LogP contribution in [0, 0.1) is 34.5 Å². The summed E-state index contributed by atoms with van der Waals surface area (Å²) in [6, 6.07) is -4.39. The van der Waals surface area contributed by atoms with Crippen molar-refractivity contribution in [2.45, 2.75) is 130 Å². The summed E-state index contributed by atoms with van der Waals surface area (Å²) in [6.07, 6.45) is 5.77. The number of carbonyl (C=O) groups is 6. The van der Waals surface area contributed by atoms with Gasteiger partial charge in [0.2, 0.25) is 17.6 Å². The fourth-order valence-electron chi connectivity index (χ4n) is 7.36. The number of nitrogens with one attached hydrogen (secondary N) is 3. The van der Waals surface area contributed by atoms with Crippen molar-refractivity contribution in [2.75, 3.05) is 6.54 Å². The van der Waals surface area contributed by atoms with Crippen LogP contribution in [-0.2, 0) is 28.7 Å². The van der Waals surface area contributed by atoms with Crippen LogP contribution < -0.4 is 21.7 Å². The second kappa shape index (κ2) is 12.5. The number of ether oxygens (including phenoxy) is 1. The number of primary amides is 1. The molecule has 252 valence electrons. The van der Waals surface area contributed by atoms with Crippen molar-refractivity contribution < 1.29 is 33.5 Å². The van der Waals surface area contributed by atoms with E-state index >= 15 is 0 Å². The third-order valence-electron chi connectivity index (χ3n) is 10.1. The van der Waals surface area contributed by atoms with E-state index in [0.29, 0.717) is 19.4 Å². The second-order valence-corrected chi connectivity index (χ2v) is 16.3. The van der Waals surface area contributed by atoms with Crippen LogP contribution in [0.3, 0.4) is 0 Å². The molecule has 45 heavy (non-hydrogen) atoms. The van der Waals surface area contributed by atoms with Gasteiger partial charge in [0.15, 0.2) is 0 Å². The van der Waals surface area contributed by atoms with Crippen LogP contribution in [-0.4, -0.2) is 76.7 Å². The molecule has 1 heterocycles. The maximum atomic E-state index is 14.4. The zero-order valence-electron chi connectivity index (χ0n) is 28.2. The molecule has 5 amide bonds. The third-order valence-corrected chi connectivity index (χ3v) is 10.1. The van der Waals surface area contributed by atoms with Crippen LogP contribution in [0.4, 0.5) is 4.79 Å². The van der Waals surface area contributed by atoms with Gasteiger partial charge in [0.1, 0.15) is 29.8 Å². The van der Waals surface area contributed by atoms with Crippen LogP contribution in [0.15, 0.2) is 0 Å². The Kier molecular flexibility index (Phi) is 9.67. The van der Waals surface area contributed by atoms with E-state index < -0.39 is 64.8 Å². The molecule has 12 nitrogen and oxygen atoms in total. The lowest BCUT2D eigenvalue weighted by atomic mass is 9.83. The second-order valence-electron chi connectivity index (χ2n) is 16.3. The average molecular weight is 632 g/mol. The van der Waals surface area contributed by atoms with Crippen molar-refractivity contribution >= 4 is 35.5 Å². The highest BCUT2D eigenvalue weighted by atomic mass is 16.6. The normalized spacial score (nSPS) is 26.5. The number of hydrogen-bond acceptors (Lipinski definition) is 7. The number of esters is 1. The van der Waals surface area contributed by atoms with Gasteiger partial charge in [-0.1, -0.05) is 53.9 Å². The number of rotatable bonds is 10. The van der Waals surface area contributed by atoms with Gasteiger partial charge >= 0.3 is 12.0 Å². The summed E-state index contributed by atoms with van der Waals surface area (Å²) in [6.45, 7) is 15.2. The molecule has 3 aliphatic carbocycles. The minimum atomic E-state index is -1.09. The third kappa shape index (κ3) is 7.80. The molecule has 1 saturated heterocycles. The highest BCUT2D eigenvalue weighted by molar-refractivity contribution is 6.38. The van der Waals surface area contributed by atoms with E-state index in [9.17, 15) is 28.8 Å². The molecule has 0 spiro atoms. The zero-order valence-corrected chi connectivity index (χ0v) is 28.2. The monoisotopic (exact) mass is 631 g/mol. The Morgan fingerprint density at radius 2 is 1.40 bits per heavy atom. The number of nitrogens with two attached hydrogens (primary N) is 1.